The van der Waals surface area contributed by atoms with Gasteiger partial charge in [0.1, 0.15) is 0 Å². The van der Waals surface area contributed by atoms with Gasteiger partial charge in [0.25, 0.3) is 0 Å². The van der Waals surface area contributed by atoms with Gasteiger partial charge in [0, 0.05) is 18.8 Å². The molecule has 0 amide bonds. The van der Waals surface area contributed by atoms with Crippen molar-refractivity contribution in [3.63, 3.8) is 0 Å². The van der Waals surface area contributed by atoms with Crippen LogP contribution in [0.2, 0.25) is 0 Å². The van der Waals surface area contributed by atoms with Crippen LogP contribution < -0.4 is 5.32 Å². The molecule has 88 valence electrons. The van der Waals surface area contributed by atoms with E-state index < -0.39 is 0 Å². The molecule has 1 unspecified atom stereocenters. The van der Waals surface area contributed by atoms with Gasteiger partial charge in [-0.3, -0.25) is 4.98 Å². The summed E-state index contributed by atoms with van der Waals surface area (Å²) in [6.45, 7) is 5.13. The zero-order chi connectivity index (χ0) is 12.1. The zero-order valence-electron chi connectivity index (χ0n) is 10.4. The maximum atomic E-state index is 4.35. The van der Waals surface area contributed by atoms with Crippen molar-refractivity contribution in [2.75, 3.05) is 0 Å². The van der Waals surface area contributed by atoms with E-state index in [-0.39, 0.29) is 6.04 Å². The number of nitrogens with zero attached hydrogens (tertiary/aromatic N) is 1. The first-order chi connectivity index (χ1) is 8.25. The second kappa shape index (κ2) is 5.60. The van der Waals surface area contributed by atoms with Crippen LogP contribution in [-0.4, -0.2) is 4.98 Å². The molecule has 0 aliphatic heterocycles. The van der Waals surface area contributed by atoms with Gasteiger partial charge in [-0.25, -0.2) is 0 Å². The third kappa shape index (κ3) is 3.40. The monoisotopic (exact) mass is 226 g/mol. The van der Waals surface area contributed by atoms with E-state index in [2.05, 4.69) is 48.4 Å². The highest BCUT2D eigenvalue weighted by molar-refractivity contribution is 5.22. The Kier molecular flexibility index (Phi) is 3.89. The number of benzene rings is 1. The highest BCUT2D eigenvalue weighted by Crippen LogP contribution is 2.10. The molecule has 1 heterocycles. The van der Waals surface area contributed by atoms with E-state index in [1.54, 1.807) is 0 Å². The van der Waals surface area contributed by atoms with Crippen LogP contribution in [0.15, 0.2) is 48.7 Å². The van der Waals surface area contributed by atoms with Crippen molar-refractivity contribution >= 4 is 0 Å². The van der Waals surface area contributed by atoms with Crippen molar-refractivity contribution in [1.29, 1.82) is 0 Å². The van der Waals surface area contributed by atoms with Gasteiger partial charge in [-0.05, 0) is 31.5 Å². The first kappa shape index (κ1) is 11.8. The summed E-state index contributed by atoms with van der Waals surface area (Å²) < 4.78 is 0. The fourth-order valence-electron chi connectivity index (χ4n) is 1.83. The molecule has 2 rings (SSSR count). The Morgan fingerprint density at radius 2 is 2.06 bits per heavy atom. The molecule has 2 nitrogen and oxygen atoms in total. The Morgan fingerprint density at radius 1 is 1.18 bits per heavy atom. The Morgan fingerprint density at radius 3 is 2.76 bits per heavy atom. The van der Waals surface area contributed by atoms with Crippen molar-refractivity contribution in [2.45, 2.75) is 26.4 Å². The molecule has 1 N–H and O–H groups in total. The van der Waals surface area contributed by atoms with Gasteiger partial charge in [-0.2, -0.15) is 0 Å². The number of aromatic nitrogens is 1. The third-order valence-electron chi connectivity index (χ3n) is 2.83. The minimum absolute atomic E-state index is 0.275. The summed E-state index contributed by atoms with van der Waals surface area (Å²) in [7, 11) is 0. The first-order valence-electron chi connectivity index (χ1n) is 5.95. The van der Waals surface area contributed by atoms with Crippen molar-refractivity contribution < 1.29 is 0 Å². The van der Waals surface area contributed by atoms with E-state index >= 15 is 0 Å². The minimum Gasteiger partial charge on any atom is -0.305 e. The zero-order valence-corrected chi connectivity index (χ0v) is 10.4. The standard InChI is InChI=1S/C15H18N2/c1-12-6-5-7-14(10-12)11-17-13(2)15-8-3-4-9-16-15/h3-10,13,17H,11H2,1-2H3. The fourth-order valence-corrected chi connectivity index (χ4v) is 1.83. The van der Waals surface area contributed by atoms with Crippen molar-refractivity contribution in [2.24, 2.45) is 0 Å². The molecule has 0 aliphatic rings. The van der Waals surface area contributed by atoms with E-state index in [0.717, 1.165) is 12.2 Å². The lowest BCUT2D eigenvalue weighted by Crippen LogP contribution is -2.18. The summed E-state index contributed by atoms with van der Waals surface area (Å²) in [5, 5.41) is 3.48. The molecule has 2 aromatic rings. The summed E-state index contributed by atoms with van der Waals surface area (Å²) >= 11 is 0. The molecule has 1 atom stereocenters. The second-order valence-electron chi connectivity index (χ2n) is 4.35. The molecule has 0 radical (unpaired) electrons. The molecule has 0 saturated carbocycles. The summed E-state index contributed by atoms with van der Waals surface area (Å²) in [6.07, 6.45) is 1.83. The number of aryl methyl sites for hydroxylation is 1. The second-order valence-corrected chi connectivity index (χ2v) is 4.35. The average Bonchev–Trinajstić information content (AvgIpc) is 2.37. The van der Waals surface area contributed by atoms with E-state index in [4.69, 9.17) is 0 Å². The maximum absolute atomic E-state index is 4.35. The quantitative estimate of drug-likeness (QED) is 0.865. The Labute approximate surface area is 103 Å². The lowest BCUT2D eigenvalue weighted by molar-refractivity contribution is 0.561. The molecule has 0 saturated heterocycles. The number of pyridine rings is 1. The molecular formula is C15H18N2. The number of hydrogen-bond donors (Lipinski definition) is 1. The van der Waals surface area contributed by atoms with Crippen LogP contribution in [0.25, 0.3) is 0 Å². The molecule has 1 aromatic carbocycles. The van der Waals surface area contributed by atoms with Crippen LogP contribution in [0.5, 0.6) is 0 Å². The number of hydrogen-bond acceptors (Lipinski definition) is 2. The van der Waals surface area contributed by atoms with Gasteiger partial charge in [-0.15, -0.1) is 0 Å². The van der Waals surface area contributed by atoms with Crippen LogP contribution in [0.4, 0.5) is 0 Å². The molecule has 0 spiro atoms. The molecule has 0 bridgehead atoms. The van der Waals surface area contributed by atoms with Gasteiger partial charge in [0.2, 0.25) is 0 Å². The topological polar surface area (TPSA) is 24.9 Å². The predicted molar refractivity (Wildman–Crippen MR) is 70.7 cm³/mol. The van der Waals surface area contributed by atoms with E-state index in [0.29, 0.717) is 0 Å². The van der Waals surface area contributed by atoms with Crippen molar-refractivity contribution in [3.05, 3.63) is 65.5 Å². The van der Waals surface area contributed by atoms with Crippen LogP contribution in [0.3, 0.4) is 0 Å². The molecule has 2 heteroatoms. The summed E-state index contributed by atoms with van der Waals surface area (Å²) in [5.74, 6) is 0. The van der Waals surface area contributed by atoms with Gasteiger partial charge >= 0.3 is 0 Å². The fraction of sp³-hybridized carbons (Fsp3) is 0.267. The van der Waals surface area contributed by atoms with Gasteiger partial charge in [0.05, 0.1) is 5.69 Å². The minimum atomic E-state index is 0.275. The van der Waals surface area contributed by atoms with E-state index in [9.17, 15) is 0 Å². The summed E-state index contributed by atoms with van der Waals surface area (Å²) in [5.41, 5.74) is 3.70. The van der Waals surface area contributed by atoms with Crippen LogP contribution in [-0.2, 0) is 6.54 Å². The lowest BCUT2D eigenvalue weighted by Gasteiger charge is -2.13. The number of nitrogens with one attached hydrogen (secondary N) is 1. The Balaban J connectivity index is 1.95. The lowest BCUT2D eigenvalue weighted by atomic mass is 10.1. The Hall–Kier alpha value is -1.67. The van der Waals surface area contributed by atoms with Crippen LogP contribution >= 0.6 is 0 Å². The summed E-state index contributed by atoms with van der Waals surface area (Å²) in [4.78, 5) is 4.35. The van der Waals surface area contributed by atoms with Gasteiger partial charge in [0.15, 0.2) is 0 Å². The summed E-state index contributed by atoms with van der Waals surface area (Å²) in [6, 6.07) is 14.8. The smallest absolute Gasteiger partial charge is 0.0570 e. The predicted octanol–water partition coefficient (Wildman–Crippen LogP) is 3.24. The Bertz CT molecular complexity index is 465. The average molecular weight is 226 g/mol. The highest BCUT2D eigenvalue weighted by atomic mass is 14.9. The van der Waals surface area contributed by atoms with Gasteiger partial charge < -0.3 is 5.32 Å². The number of rotatable bonds is 4. The third-order valence-corrected chi connectivity index (χ3v) is 2.83. The first-order valence-corrected chi connectivity index (χ1v) is 5.95. The maximum Gasteiger partial charge on any atom is 0.0570 e. The van der Waals surface area contributed by atoms with E-state index in [1.807, 2.05) is 24.4 Å². The van der Waals surface area contributed by atoms with E-state index in [1.165, 1.54) is 11.1 Å². The van der Waals surface area contributed by atoms with Gasteiger partial charge in [-0.1, -0.05) is 35.9 Å². The molecule has 1 aromatic heterocycles. The SMILES string of the molecule is Cc1cccc(CNC(C)c2ccccn2)c1. The molecule has 0 fully saturated rings. The highest BCUT2D eigenvalue weighted by Gasteiger charge is 2.04. The van der Waals surface area contributed by atoms with Crippen molar-refractivity contribution in [1.82, 2.24) is 10.3 Å². The molecule has 0 aliphatic carbocycles. The normalized spacial score (nSPS) is 12.4. The van der Waals surface area contributed by atoms with Crippen LogP contribution in [0, 0.1) is 6.92 Å². The largest absolute Gasteiger partial charge is 0.305 e. The molecule has 17 heavy (non-hydrogen) atoms. The molecular weight excluding hydrogens is 208 g/mol. The van der Waals surface area contributed by atoms with Crippen molar-refractivity contribution in [3.8, 4) is 0 Å². The van der Waals surface area contributed by atoms with Crippen LogP contribution in [0.1, 0.15) is 29.8 Å².